The minimum absolute atomic E-state index is 0.0216. The molecule has 3 rings (SSSR count). The quantitative estimate of drug-likeness (QED) is 0.828. The molecule has 2 fully saturated rings. The maximum absolute atomic E-state index is 12.5. The third-order valence-corrected chi connectivity index (χ3v) is 4.50. The minimum Gasteiger partial charge on any atom is -0.496 e. The van der Waals surface area contributed by atoms with Crippen molar-refractivity contribution in [3.05, 3.63) is 29.8 Å². The van der Waals surface area contributed by atoms with Crippen LogP contribution in [0.2, 0.25) is 0 Å². The van der Waals surface area contributed by atoms with Gasteiger partial charge in [-0.3, -0.25) is 9.59 Å². The first-order valence-corrected chi connectivity index (χ1v) is 7.98. The van der Waals surface area contributed by atoms with E-state index in [1.807, 2.05) is 24.3 Å². The lowest BCUT2D eigenvalue weighted by Gasteiger charge is -2.34. The summed E-state index contributed by atoms with van der Waals surface area (Å²) in [6.07, 6.45) is 0.870. The van der Waals surface area contributed by atoms with Crippen LogP contribution in [0.5, 0.6) is 5.75 Å². The number of methoxy groups -OCH3 is 1. The summed E-state index contributed by atoms with van der Waals surface area (Å²) in [7, 11) is 1.58. The number of ether oxygens (including phenoxy) is 2. The van der Waals surface area contributed by atoms with Crippen LogP contribution in [0, 0.1) is 0 Å². The van der Waals surface area contributed by atoms with Gasteiger partial charge in [-0.25, -0.2) is 9.69 Å². The van der Waals surface area contributed by atoms with E-state index in [1.54, 1.807) is 12.0 Å². The van der Waals surface area contributed by atoms with Crippen LogP contribution >= 0.6 is 0 Å². The Balaban J connectivity index is 1.57. The molecule has 0 saturated carbocycles. The van der Waals surface area contributed by atoms with Crippen LogP contribution in [0.4, 0.5) is 4.79 Å². The van der Waals surface area contributed by atoms with Crippen LogP contribution in [-0.2, 0) is 20.7 Å². The molecule has 1 aromatic rings. The van der Waals surface area contributed by atoms with E-state index in [1.165, 1.54) is 4.90 Å². The van der Waals surface area contributed by atoms with E-state index in [2.05, 4.69) is 0 Å². The number of carbonyl (C=O) groups excluding carboxylic acids is 3. The average Bonchev–Trinajstić information content (AvgIpc) is 2.94. The third kappa shape index (κ3) is 3.20. The molecule has 0 bridgehead atoms. The fraction of sp³-hybridized carbons (Fsp3) is 0.471. The molecule has 7 nitrogen and oxygen atoms in total. The summed E-state index contributed by atoms with van der Waals surface area (Å²) in [4.78, 5) is 38.8. The van der Waals surface area contributed by atoms with Crippen molar-refractivity contribution in [3.8, 4) is 5.75 Å². The van der Waals surface area contributed by atoms with Crippen LogP contribution in [0.25, 0.3) is 0 Å². The zero-order valence-corrected chi connectivity index (χ0v) is 13.6. The minimum atomic E-state index is -0.571. The number of hydrogen-bond acceptors (Lipinski definition) is 5. The van der Waals surface area contributed by atoms with Crippen molar-refractivity contribution >= 4 is 17.9 Å². The molecule has 0 N–H and O–H groups in total. The summed E-state index contributed by atoms with van der Waals surface area (Å²) in [5.74, 6) is 0.429. The predicted octanol–water partition coefficient (Wildman–Crippen LogP) is 1.21. The molecule has 0 unspecified atom stereocenters. The Morgan fingerprint density at radius 1 is 1.25 bits per heavy atom. The van der Waals surface area contributed by atoms with Gasteiger partial charge in [0.25, 0.3) is 5.91 Å². The van der Waals surface area contributed by atoms with Gasteiger partial charge in [-0.1, -0.05) is 18.2 Å². The molecule has 0 aliphatic carbocycles. The summed E-state index contributed by atoms with van der Waals surface area (Å²) < 4.78 is 10.0. The first-order valence-electron chi connectivity index (χ1n) is 7.98. The summed E-state index contributed by atoms with van der Waals surface area (Å²) in [5, 5.41) is 0. The molecule has 24 heavy (non-hydrogen) atoms. The highest BCUT2D eigenvalue weighted by molar-refractivity contribution is 5.98. The lowest BCUT2D eigenvalue weighted by Crippen LogP contribution is -2.48. The van der Waals surface area contributed by atoms with Gasteiger partial charge in [0, 0.05) is 24.7 Å². The van der Waals surface area contributed by atoms with Crippen LogP contribution in [0.3, 0.4) is 0 Å². The highest BCUT2D eigenvalue weighted by Gasteiger charge is 2.38. The van der Waals surface area contributed by atoms with Gasteiger partial charge in [-0.15, -0.1) is 0 Å². The monoisotopic (exact) mass is 332 g/mol. The molecular weight excluding hydrogens is 312 g/mol. The van der Waals surface area contributed by atoms with Gasteiger partial charge < -0.3 is 14.4 Å². The highest BCUT2D eigenvalue weighted by atomic mass is 16.6. The maximum atomic E-state index is 12.5. The molecule has 2 heterocycles. The average molecular weight is 332 g/mol. The second-order valence-corrected chi connectivity index (χ2v) is 5.92. The number of amides is 3. The van der Waals surface area contributed by atoms with Crippen molar-refractivity contribution in [1.29, 1.82) is 0 Å². The fourth-order valence-electron chi connectivity index (χ4n) is 3.21. The van der Waals surface area contributed by atoms with Gasteiger partial charge in [0.05, 0.1) is 13.5 Å². The Morgan fingerprint density at radius 2 is 1.96 bits per heavy atom. The number of imide groups is 1. The summed E-state index contributed by atoms with van der Waals surface area (Å²) in [5.41, 5.74) is 0.852. The van der Waals surface area contributed by atoms with E-state index < -0.39 is 6.09 Å². The molecule has 0 aromatic heterocycles. The van der Waals surface area contributed by atoms with Crippen LogP contribution in [-0.4, -0.2) is 60.6 Å². The van der Waals surface area contributed by atoms with Crippen molar-refractivity contribution in [2.24, 2.45) is 0 Å². The molecule has 128 valence electrons. The van der Waals surface area contributed by atoms with Crippen LogP contribution in [0.1, 0.15) is 18.4 Å². The topological polar surface area (TPSA) is 76.2 Å². The highest BCUT2D eigenvalue weighted by Crippen LogP contribution is 2.23. The van der Waals surface area contributed by atoms with E-state index in [0.717, 1.165) is 5.56 Å². The van der Waals surface area contributed by atoms with Gasteiger partial charge in [0.2, 0.25) is 5.91 Å². The number of para-hydroxylation sites is 1. The summed E-state index contributed by atoms with van der Waals surface area (Å²) >= 11 is 0. The van der Waals surface area contributed by atoms with Crippen molar-refractivity contribution in [1.82, 2.24) is 9.80 Å². The molecule has 0 atom stereocenters. The Morgan fingerprint density at radius 3 is 2.58 bits per heavy atom. The summed E-state index contributed by atoms with van der Waals surface area (Å²) in [6.45, 7) is 0.872. The Kier molecular flexibility index (Phi) is 4.69. The van der Waals surface area contributed by atoms with Crippen molar-refractivity contribution in [3.63, 3.8) is 0 Å². The lowest BCUT2D eigenvalue weighted by atomic mass is 10.0. The normalized spacial score (nSPS) is 18.7. The molecule has 2 aliphatic heterocycles. The number of carbonyl (C=O) groups is 3. The van der Waals surface area contributed by atoms with Gasteiger partial charge in [0.1, 0.15) is 5.75 Å². The molecule has 2 aliphatic rings. The van der Waals surface area contributed by atoms with Gasteiger partial charge in [0.15, 0.2) is 6.61 Å². The number of likely N-dealkylation sites (tertiary alicyclic amines) is 1. The molecular formula is C17H20N2O5. The second-order valence-electron chi connectivity index (χ2n) is 5.92. The van der Waals surface area contributed by atoms with E-state index in [4.69, 9.17) is 9.47 Å². The van der Waals surface area contributed by atoms with Gasteiger partial charge in [-0.05, 0) is 18.9 Å². The Labute approximate surface area is 140 Å². The Hall–Kier alpha value is -2.57. The molecule has 3 amide bonds. The van der Waals surface area contributed by atoms with Crippen molar-refractivity contribution in [2.75, 3.05) is 26.8 Å². The van der Waals surface area contributed by atoms with E-state index in [-0.39, 0.29) is 30.9 Å². The number of rotatable bonds is 4. The largest absolute Gasteiger partial charge is 0.496 e. The van der Waals surface area contributed by atoms with Crippen LogP contribution < -0.4 is 4.74 Å². The van der Waals surface area contributed by atoms with Gasteiger partial charge >= 0.3 is 6.09 Å². The van der Waals surface area contributed by atoms with Crippen molar-refractivity contribution in [2.45, 2.75) is 25.3 Å². The smallest absolute Gasteiger partial charge is 0.417 e. The predicted molar refractivity (Wildman–Crippen MR) is 84.5 cm³/mol. The Bertz CT molecular complexity index is 636. The number of benzene rings is 1. The SMILES string of the molecule is COc1ccccc1CC(=O)N1CCC(N2C(=O)COC2=O)CC1. The fourth-order valence-corrected chi connectivity index (χ4v) is 3.21. The van der Waals surface area contributed by atoms with E-state index in [9.17, 15) is 14.4 Å². The number of nitrogens with zero attached hydrogens (tertiary/aromatic N) is 2. The molecule has 0 spiro atoms. The zero-order valence-electron chi connectivity index (χ0n) is 13.6. The second kappa shape index (κ2) is 6.90. The standard InChI is InChI=1S/C17H20N2O5/c1-23-14-5-3-2-4-12(14)10-15(20)18-8-6-13(7-9-18)19-16(21)11-24-17(19)22/h2-5,13H,6-11H2,1H3. The van der Waals surface area contributed by atoms with Crippen molar-refractivity contribution < 1.29 is 23.9 Å². The molecule has 0 radical (unpaired) electrons. The third-order valence-electron chi connectivity index (χ3n) is 4.50. The lowest BCUT2D eigenvalue weighted by molar-refractivity contribution is -0.132. The first kappa shape index (κ1) is 16.3. The molecule has 7 heteroatoms. The zero-order chi connectivity index (χ0) is 17.1. The number of hydrogen-bond donors (Lipinski definition) is 0. The first-order chi connectivity index (χ1) is 11.6. The number of piperidine rings is 1. The van der Waals surface area contributed by atoms with Gasteiger partial charge in [-0.2, -0.15) is 0 Å². The van der Waals surface area contributed by atoms with E-state index >= 15 is 0 Å². The molecule has 2 saturated heterocycles. The maximum Gasteiger partial charge on any atom is 0.417 e. The summed E-state index contributed by atoms with van der Waals surface area (Å²) in [6, 6.07) is 7.27. The molecule has 1 aromatic carbocycles. The van der Waals surface area contributed by atoms with Crippen LogP contribution in [0.15, 0.2) is 24.3 Å². The van der Waals surface area contributed by atoms with E-state index in [0.29, 0.717) is 31.7 Å². The number of cyclic esters (lactones) is 1.